The number of ether oxygens (including phenoxy) is 1. The summed E-state index contributed by atoms with van der Waals surface area (Å²) < 4.78 is 17.5. The van der Waals surface area contributed by atoms with Gasteiger partial charge in [-0.25, -0.2) is 9.18 Å². The molecule has 2 aromatic rings. The molecule has 0 aliphatic carbocycles. The first-order chi connectivity index (χ1) is 9.20. The maximum absolute atomic E-state index is 12.8. The summed E-state index contributed by atoms with van der Waals surface area (Å²) in [5.74, 6) is -0.699. The van der Waals surface area contributed by atoms with Crippen LogP contribution in [0.3, 0.4) is 0 Å². The summed E-state index contributed by atoms with van der Waals surface area (Å²) in [5, 5.41) is 0. The largest absolute Gasteiger partial charge is 0.465 e. The van der Waals surface area contributed by atoms with Crippen molar-refractivity contribution in [2.24, 2.45) is 0 Å². The van der Waals surface area contributed by atoms with Crippen LogP contribution in [0.2, 0.25) is 0 Å². The van der Waals surface area contributed by atoms with Crippen molar-refractivity contribution in [3.05, 3.63) is 65.2 Å². The fraction of sp³-hybridized carbons (Fsp3) is 0.0667. The van der Waals surface area contributed by atoms with Crippen LogP contribution in [-0.4, -0.2) is 18.1 Å². The van der Waals surface area contributed by atoms with E-state index in [1.807, 2.05) is 0 Å². The van der Waals surface area contributed by atoms with Crippen LogP contribution in [0.1, 0.15) is 21.5 Å². The zero-order chi connectivity index (χ0) is 13.7. The molecule has 2 rings (SSSR count). The average molecular weight is 257 g/mol. The van der Waals surface area contributed by atoms with Crippen LogP contribution >= 0.6 is 0 Å². The first-order valence-corrected chi connectivity index (χ1v) is 5.66. The van der Waals surface area contributed by atoms with E-state index in [1.54, 1.807) is 36.5 Å². The van der Waals surface area contributed by atoms with Gasteiger partial charge in [0.05, 0.1) is 12.7 Å². The highest BCUT2D eigenvalue weighted by Crippen LogP contribution is 2.13. The van der Waals surface area contributed by atoms with Gasteiger partial charge in [-0.3, -0.25) is 4.98 Å². The number of hydrogen-bond acceptors (Lipinski definition) is 3. The molecule has 1 aromatic carbocycles. The van der Waals surface area contributed by atoms with E-state index < -0.39 is 5.97 Å². The maximum Gasteiger partial charge on any atom is 0.338 e. The van der Waals surface area contributed by atoms with Crippen molar-refractivity contribution < 1.29 is 13.9 Å². The number of benzene rings is 1. The van der Waals surface area contributed by atoms with Gasteiger partial charge in [0.15, 0.2) is 0 Å². The maximum atomic E-state index is 12.8. The van der Waals surface area contributed by atoms with E-state index in [1.165, 1.54) is 25.4 Å². The third-order valence-electron chi connectivity index (χ3n) is 2.58. The van der Waals surface area contributed by atoms with Gasteiger partial charge in [0.1, 0.15) is 5.82 Å². The number of nitrogens with zero attached hydrogens (tertiary/aromatic N) is 1. The summed E-state index contributed by atoms with van der Waals surface area (Å²) in [6.45, 7) is 0. The number of methoxy groups -OCH3 is 1. The second kappa shape index (κ2) is 5.91. The van der Waals surface area contributed by atoms with Crippen molar-refractivity contribution in [2.45, 2.75) is 0 Å². The molecule has 0 amide bonds. The monoisotopic (exact) mass is 257 g/mol. The summed E-state index contributed by atoms with van der Waals surface area (Å²) in [4.78, 5) is 15.5. The first-order valence-electron chi connectivity index (χ1n) is 5.66. The van der Waals surface area contributed by atoms with Crippen LogP contribution in [0, 0.1) is 5.82 Å². The lowest BCUT2D eigenvalue weighted by Crippen LogP contribution is -2.03. The van der Waals surface area contributed by atoms with Crippen molar-refractivity contribution in [1.29, 1.82) is 0 Å². The molecule has 96 valence electrons. The minimum absolute atomic E-state index is 0.284. The Balaban J connectivity index is 2.28. The van der Waals surface area contributed by atoms with Crippen LogP contribution < -0.4 is 0 Å². The van der Waals surface area contributed by atoms with Crippen molar-refractivity contribution in [1.82, 2.24) is 4.98 Å². The molecule has 1 aromatic heterocycles. The molecule has 0 fully saturated rings. The molecule has 0 aliphatic rings. The number of aromatic nitrogens is 1. The zero-order valence-electron chi connectivity index (χ0n) is 10.3. The molecular formula is C15H12FNO2. The summed E-state index contributed by atoms with van der Waals surface area (Å²) in [6.07, 6.45) is 6.63. The molecule has 1 heterocycles. The van der Waals surface area contributed by atoms with Gasteiger partial charge >= 0.3 is 5.97 Å². The molecule has 0 unspecified atom stereocenters. The molecule has 4 heteroatoms. The highest BCUT2D eigenvalue weighted by atomic mass is 19.1. The molecule has 0 spiro atoms. The second-order valence-corrected chi connectivity index (χ2v) is 3.84. The van der Waals surface area contributed by atoms with Gasteiger partial charge in [0, 0.05) is 18.0 Å². The van der Waals surface area contributed by atoms with Crippen LogP contribution in [0.15, 0.2) is 42.7 Å². The first kappa shape index (κ1) is 13.0. The number of hydrogen-bond donors (Lipinski definition) is 0. The number of rotatable bonds is 3. The van der Waals surface area contributed by atoms with Gasteiger partial charge in [-0.1, -0.05) is 24.3 Å². The molecule has 0 saturated heterocycles. The lowest BCUT2D eigenvalue weighted by molar-refractivity contribution is 0.0600. The Labute approximate surface area is 110 Å². The van der Waals surface area contributed by atoms with E-state index in [0.29, 0.717) is 11.1 Å². The smallest absolute Gasteiger partial charge is 0.338 e. The van der Waals surface area contributed by atoms with Crippen molar-refractivity contribution >= 4 is 18.1 Å². The predicted octanol–water partition coefficient (Wildman–Crippen LogP) is 3.18. The van der Waals surface area contributed by atoms with E-state index in [4.69, 9.17) is 4.74 Å². The van der Waals surface area contributed by atoms with Gasteiger partial charge in [0.2, 0.25) is 0 Å². The van der Waals surface area contributed by atoms with Gasteiger partial charge < -0.3 is 4.74 Å². The molecule has 0 bridgehead atoms. The molecule has 3 nitrogen and oxygen atoms in total. The summed E-state index contributed by atoms with van der Waals surface area (Å²) >= 11 is 0. The number of halogens is 1. The Morgan fingerprint density at radius 3 is 2.63 bits per heavy atom. The number of pyridine rings is 1. The van der Waals surface area contributed by atoms with E-state index in [2.05, 4.69) is 4.98 Å². The third kappa shape index (κ3) is 3.25. The number of esters is 1. The SMILES string of the molecule is COC(=O)c1ccncc1C=Cc1ccc(F)cc1. The van der Waals surface area contributed by atoms with Crippen molar-refractivity contribution in [3.63, 3.8) is 0 Å². The summed E-state index contributed by atoms with van der Waals surface area (Å²) in [6, 6.07) is 7.66. The third-order valence-corrected chi connectivity index (χ3v) is 2.58. The van der Waals surface area contributed by atoms with Crippen LogP contribution in [-0.2, 0) is 4.74 Å². The van der Waals surface area contributed by atoms with E-state index in [9.17, 15) is 9.18 Å². The Morgan fingerprint density at radius 1 is 1.21 bits per heavy atom. The molecule has 0 atom stereocenters. The van der Waals surface area contributed by atoms with Gasteiger partial charge in [-0.2, -0.15) is 0 Å². The standard InChI is InChI=1S/C15H12FNO2/c1-19-15(18)14-8-9-17-10-12(14)5-2-11-3-6-13(16)7-4-11/h2-10H,1H3. The average Bonchev–Trinajstić information content (AvgIpc) is 2.46. The fourth-order valence-electron chi connectivity index (χ4n) is 1.60. The Bertz CT molecular complexity index is 606. The highest BCUT2D eigenvalue weighted by Gasteiger charge is 2.08. The van der Waals surface area contributed by atoms with Gasteiger partial charge in [0.25, 0.3) is 0 Å². The molecule has 19 heavy (non-hydrogen) atoms. The molecule has 0 radical (unpaired) electrons. The second-order valence-electron chi connectivity index (χ2n) is 3.84. The molecule has 0 saturated carbocycles. The fourth-order valence-corrected chi connectivity index (χ4v) is 1.60. The Morgan fingerprint density at radius 2 is 1.95 bits per heavy atom. The normalized spacial score (nSPS) is 10.6. The minimum Gasteiger partial charge on any atom is -0.465 e. The zero-order valence-corrected chi connectivity index (χ0v) is 10.3. The molecule has 0 N–H and O–H groups in total. The van der Waals surface area contributed by atoms with E-state index >= 15 is 0 Å². The van der Waals surface area contributed by atoms with Gasteiger partial charge in [-0.15, -0.1) is 0 Å². The van der Waals surface area contributed by atoms with Gasteiger partial charge in [-0.05, 0) is 23.8 Å². The topological polar surface area (TPSA) is 39.2 Å². The highest BCUT2D eigenvalue weighted by molar-refractivity contribution is 5.94. The predicted molar refractivity (Wildman–Crippen MR) is 70.9 cm³/mol. The Hall–Kier alpha value is -2.49. The summed E-state index contributed by atoms with van der Waals surface area (Å²) in [7, 11) is 1.33. The minimum atomic E-state index is -0.416. The van der Waals surface area contributed by atoms with E-state index in [0.717, 1.165) is 5.56 Å². The van der Waals surface area contributed by atoms with Crippen LogP contribution in [0.25, 0.3) is 12.2 Å². The van der Waals surface area contributed by atoms with Crippen LogP contribution in [0.5, 0.6) is 0 Å². The van der Waals surface area contributed by atoms with Crippen LogP contribution in [0.4, 0.5) is 4.39 Å². The molecule has 0 aliphatic heterocycles. The number of carbonyl (C=O) groups excluding carboxylic acids is 1. The molecular weight excluding hydrogens is 245 g/mol. The number of carbonyl (C=O) groups is 1. The van der Waals surface area contributed by atoms with Crippen molar-refractivity contribution in [3.8, 4) is 0 Å². The quantitative estimate of drug-likeness (QED) is 0.793. The summed E-state index contributed by atoms with van der Waals surface area (Å²) in [5.41, 5.74) is 1.93. The lowest BCUT2D eigenvalue weighted by Gasteiger charge is -2.02. The Kier molecular flexibility index (Phi) is 4.03. The van der Waals surface area contributed by atoms with Crippen molar-refractivity contribution in [2.75, 3.05) is 7.11 Å². The lowest BCUT2D eigenvalue weighted by atomic mass is 10.1. The van der Waals surface area contributed by atoms with E-state index in [-0.39, 0.29) is 5.82 Å².